The fraction of sp³-hybridized carbons (Fsp3) is 0.625. The highest BCUT2D eigenvalue weighted by molar-refractivity contribution is 5.32. The standard InChI is InChI=1S/C16H24N2/c1-10-7-11(2)9-12(8-10)16(18-17)15-13-5-3-4-6-14(13)15/h7-9,13-16,18H,3-6,17H2,1-2H3. The number of hydrogen-bond donors (Lipinski definition) is 2. The van der Waals surface area contributed by atoms with Crippen molar-refractivity contribution in [1.29, 1.82) is 0 Å². The highest BCUT2D eigenvalue weighted by Gasteiger charge is 2.54. The van der Waals surface area contributed by atoms with Crippen LogP contribution in [0, 0.1) is 31.6 Å². The van der Waals surface area contributed by atoms with Gasteiger partial charge in [0, 0.05) is 6.04 Å². The fourth-order valence-corrected chi connectivity index (χ4v) is 4.16. The molecule has 1 aromatic rings. The lowest BCUT2D eigenvalue weighted by Crippen LogP contribution is -2.30. The number of hydrogen-bond acceptors (Lipinski definition) is 2. The van der Waals surface area contributed by atoms with Crippen LogP contribution < -0.4 is 11.3 Å². The zero-order valence-corrected chi connectivity index (χ0v) is 11.4. The Balaban J connectivity index is 1.84. The molecule has 2 aliphatic rings. The highest BCUT2D eigenvalue weighted by atomic mass is 15.2. The van der Waals surface area contributed by atoms with Gasteiger partial charge in [0.25, 0.3) is 0 Å². The van der Waals surface area contributed by atoms with E-state index in [1.54, 1.807) is 0 Å². The summed E-state index contributed by atoms with van der Waals surface area (Å²) >= 11 is 0. The molecule has 2 nitrogen and oxygen atoms in total. The predicted molar refractivity (Wildman–Crippen MR) is 74.9 cm³/mol. The second-order valence-electron chi connectivity index (χ2n) is 6.25. The molecule has 2 fully saturated rings. The molecule has 18 heavy (non-hydrogen) atoms. The normalized spacial score (nSPS) is 31.8. The number of rotatable bonds is 3. The lowest BCUT2D eigenvalue weighted by Gasteiger charge is -2.18. The first-order valence-electron chi connectivity index (χ1n) is 7.25. The molecule has 0 aliphatic heterocycles. The number of fused-ring (bicyclic) bond motifs is 1. The number of nitrogens with one attached hydrogen (secondary N) is 1. The molecule has 0 amide bonds. The number of aryl methyl sites for hydroxylation is 2. The molecule has 0 saturated heterocycles. The van der Waals surface area contributed by atoms with E-state index in [1.807, 2.05) is 0 Å². The van der Waals surface area contributed by atoms with Crippen molar-refractivity contribution in [3.8, 4) is 0 Å². The Labute approximate surface area is 110 Å². The average Bonchev–Trinajstić information content (AvgIpc) is 3.04. The van der Waals surface area contributed by atoms with Crippen molar-refractivity contribution in [2.45, 2.75) is 45.6 Å². The topological polar surface area (TPSA) is 38.0 Å². The van der Waals surface area contributed by atoms with Crippen molar-refractivity contribution in [3.63, 3.8) is 0 Å². The van der Waals surface area contributed by atoms with Gasteiger partial charge in [-0.2, -0.15) is 0 Å². The third kappa shape index (κ3) is 2.08. The molecule has 2 aliphatic carbocycles. The average molecular weight is 244 g/mol. The molecule has 2 saturated carbocycles. The SMILES string of the molecule is Cc1cc(C)cc(C(NN)C2C3CCCCC32)c1. The molecule has 0 spiro atoms. The molecule has 1 aromatic carbocycles. The van der Waals surface area contributed by atoms with Gasteiger partial charge in [0.05, 0.1) is 0 Å². The van der Waals surface area contributed by atoms with Crippen LogP contribution in [0.5, 0.6) is 0 Å². The highest BCUT2D eigenvalue weighted by Crippen LogP contribution is 2.60. The van der Waals surface area contributed by atoms with Crippen molar-refractivity contribution in [2.75, 3.05) is 0 Å². The van der Waals surface area contributed by atoms with Crippen LogP contribution in [0.3, 0.4) is 0 Å². The van der Waals surface area contributed by atoms with Crippen LogP contribution in [-0.2, 0) is 0 Å². The summed E-state index contributed by atoms with van der Waals surface area (Å²) in [5.74, 6) is 8.49. The molecule has 0 aromatic heterocycles. The molecule has 0 heterocycles. The molecule has 98 valence electrons. The lowest BCUT2D eigenvalue weighted by atomic mass is 9.97. The van der Waals surface area contributed by atoms with E-state index in [0.717, 1.165) is 17.8 Å². The van der Waals surface area contributed by atoms with E-state index >= 15 is 0 Å². The fourth-order valence-electron chi connectivity index (χ4n) is 4.16. The summed E-state index contributed by atoms with van der Waals surface area (Å²) < 4.78 is 0. The van der Waals surface area contributed by atoms with E-state index in [1.165, 1.54) is 42.4 Å². The Morgan fingerprint density at radius 1 is 1.06 bits per heavy atom. The molecule has 3 N–H and O–H groups in total. The van der Waals surface area contributed by atoms with Crippen LogP contribution >= 0.6 is 0 Å². The summed E-state index contributed by atoms with van der Waals surface area (Å²) in [6.45, 7) is 4.34. The number of nitrogens with two attached hydrogens (primary N) is 1. The van der Waals surface area contributed by atoms with Crippen molar-refractivity contribution in [3.05, 3.63) is 34.9 Å². The molecular formula is C16H24N2. The summed E-state index contributed by atoms with van der Waals surface area (Å²) in [7, 11) is 0. The summed E-state index contributed by atoms with van der Waals surface area (Å²) in [5, 5.41) is 0. The molecule has 0 bridgehead atoms. The van der Waals surface area contributed by atoms with E-state index in [4.69, 9.17) is 5.84 Å². The van der Waals surface area contributed by atoms with Gasteiger partial charge in [-0.1, -0.05) is 42.2 Å². The van der Waals surface area contributed by atoms with Gasteiger partial charge in [-0.15, -0.1) is 0 Å². The van der Waals surface area contributed by atoms with Crippen LogP contribution in [-0.4, -0.2) is 0 Å². The largest absolute Gasteiger partial charge is 0.271 e. The van der Waals surface area contributed by atoms with Crippen LogP contribution in [0.15, 0.2) is 18.2 Å². The predicted octanol–water partition coefficient (Wildman–Crippen LogP) is 3.24. The maximum absolute atomic E-state index is 5.85. The van der Waals surface area contributed by atoms with Gasteiger partial charge < -0.3 is 0 Å². The van der Waals surface area contributed by atoms with E-state index in [2.05, 4.69) is 37.5 Å². The minimum absolute atomic E-state index is 0.358. The van der Waals surface area contributed by atoms with E-state index in [9.17, 15) is 0 Å². The summed E-state index contributed by atoms with van der Waals surface area (Å²) in [5.41, 5.74) is 7.16. The zero-order chi connectivity index (χ0) is 12.7. The molecule has 3 unspecified atom stereocenters. The summed E-state index contributed by atoms with van der Waals surface area (Å²) in [6, 6.07) is 7.18. The maximum atomic E-state index is 5.85. The Morgan fingerprint density at radius 2 is 1.61 bits per heavy atom. The van der Waals surface area contributed by atoms with Crippen LogP contribution in [0.4, 0.5) is 0 Å². The molecule has 0 radical (unpaired) electrons. The Morgan fingerprint density at radius 3 is 2.11 bits per heavy atom. The van der Waals surface area contributed by atoms with Gasteiger partial charge in [-0.3, -0.25) is 11.3 Å². The minimum atomic E-state index is 0.358. The van der Waals surface area contributed by atoms with Crippen LogP contribution in [0.25, 0.3) is 0 Å². The van der Waals surface area contributed by atoms with E-state index < -0.39 is 0 Å². The van der Waals surface area contributed by atoms with Gasteiger partial charge in [-0.25, -0.2) is 0 Å². The van der Waals surface area contributed by atoms with Gasteiger partial charge >= 0.3 is 0 Å². The van der Waals surface area contributed by atoms with Crippen molar-refractivity contribution in [1.82, 2.24) is 5.43 Å². The minimum Gasteiger partial charge on any atom is -0.271 e. The quantitative estimate of drug-likeness (QED) is 0.633. The van der Waals surface area contributed by atoms with Gasteiger partial charge in [0.1, 0.15) is 0 Å². The Hall–Kier alpha value is -0.860. The van der Waals surface area contributed by atoms with Crippen LogP contribution in [0.1, 0.15) is 48.4 Å². The third-order valence-corrected chi connectivity index (χ3v) is 4.89. The first-order chi connectivity index (χ1) is 8.70. The number of hydrazine groups is 1. The third-order valence-electron chi connectivity index (χ3n) is 4.89. The summed E-state index contributed by atoms with van der Waals surface area (Å²) in [6.07, 6.45) is 5.67. The van der Waals surface area contributed by atoms with E-state index in [-0.39, 0.29) is 0 Å². The number of benzene rings is 1. The molecular weight excluding hydrogens is 220 g/mol. The molecule has 3 rings (SSSR count). The van der Waals surface area contributed by atoms with Crippen LogP contribution in [0.2, 0.25) is 0 Å². The Kier molecular flexibility index (Phi) is 3.16. The second-order valence-corrected chi connectivity index (χ2v) is 6.25. The molecule has 2 heteroatoms. The second kappa shape index (κ2) is 4.67. The smallest absolute Gasteiger partial charge is 0.0493 e. The van der Waals surface area contributed by atoms with Gasteiger partial charge in [0.15, 0.2) is 0 Å². The van der Waals surface area contributed by atoms with E-state index in [0.29, 0.717) is 6.04 Å². The van der Waals surface area contributed by atoms with Crippen molar-refractivity contribution < 1.29 is 0 Å². The zero-order valence-electron chi connectivity index (χ0n) is 11.4. The van der Waals surface area contributed by atoms with Gasteiger partial charge in [0.2, 0.25) is 0 Å². The first-order valence-corrected chi connectivity index (χ1v) is 7.25. The maximum Gasteiger partial charge on any atom is 0.0493 e. The lowest BCUT2D eigenvalue weighted by molar-refractivity contribution is 0.456. The molecule has 3 atom stereocenters. The van der Waals surface area contributed by atoms with Crippen molar-refractivity contribution >= 4 is 0 Å². The monoisotopic (exact) mass is 244 g/mol. The Bertz CT molecular complexity index is 408. The first kappa shape index (κ1) is 12.2. The van der Waals surface area contributed by atoms with Crippen molar-refractivity contribution in [2.24, 2.45) is 23.6 Å². The van der Waals surface area contributed by atoms with Gasteiger partial charge in [-0.05, 0) is 50.0 Å². The summed E-state index contributed by atoms with van der Waals surface area (Å²) in [4.78, 5) is 0.